The molecule has 2 aromatic carbocycles. The lowest BCUT2D eigenvalue weighted by Gasteiger charge is -2.47. The van der Waals surface area contributed by atoms with Gasteiger partial charge in [0.05, 0.1) is 33.6 Å². The Labute approximate surface area is 274 Å². The summed E-state index contributed by atoms with van der Waals surface area (Å²) in [5, 5.41) is 9.32. The SMILES string of the molecule is N#Cc1c(N)sc2c(F)ccc(-c3c(C(F)(F)F)cc4c(N5CC6CC(C5)O6)nc(OC[C@]56C[C@@H](F)CN5CC5(CC5)C6)nc4c3F)c12. The molecule has 2 N–H and O–H groups in total. The molecule has 1 spiro atoms. The Balaban J connectivity index is 1.23. The van der Waals surface area contributed by atoms with Gasteiger partial charge >= 0.3 is 12.2 Å². The number of morpholine rings is 1. The number of alkyl halides is 4. The van der Waals surface area contributed by atoms with Crippen LogP contribution in [0.5, 0.6) is 6.01 Å². The molecule has 5 saturated heterocycles. The number of ether oxygens (including phenoxy) is 2. The van der Waals surface area contributed by atoms with Crippen LogP contribution < -0.4 is 15.4 Å². The summed E-state index contributed by atoms with van der Waals surface area (Å²) >= 11 is 0.701. The Bertz CT molecular complexity index is 2060. The first-order valence-corrected chi connectivity index (χ1v) is 16.6. The predicted molar refractivity (Wildman–Crippen MR) is 165 cm³/mol. The molecule has 8 nitrogen and oxygen atoms in total. The number of halogens is 6. The number of rotatable bonds is 5. The van der Waals surface area contributed by atoms with E-state index in [9.17, 15) is 27.2 Å². The number of nitriles is 1. The number of aromatic nitrogens is 2. The highest BCUT2D eigenvalue weighted by Crippen LogP contribution is 2.61. The highest BCUT2D eigenvalue weighted by atomic mass is 32.1. The Morgan fingerprint density at radius 3 is 2.58 bits per heavy atom. The molecule has 2 unspecified atom stereocenters. The van der Waals surface area contributed by atoms with Crippen molar-refractivity contribution in [2.75, 3.05) is 43.4 Å². The molecule has 15 heteroatoms. The predicted octanol–water partition coefficient (Wildman–Crippen LogP) is 6.59. The molecule has 1 saturated carbocycles. The average Bonchev–Trinajstić information content (AvgIpc) is 3.45. The van der Waals surface area contributed by atoms with Crippen molar-refractivity contribution < 1.29 is 35.8 Å². The molecule has 0 amide bonds. The molecule has 6 fully saturated rings. The van der Waals surface area contributed by atoms with Crippen LogP contribution >= 0.6 is 11.3 Å². The number of benzene rings is 2. The molecule has 250 valence electrons. The molecule has 7 heterocycles. The van der Waals surface area contributed by atoms with E-state index in [0.29, 0.717) is 31.0 Å². The number of nitrogen functional groups attached to an aromatic ring is 1. The average molecular weight is 687 g/mol. The fourth-order valence-corrected chi connectivity index (χ4v) is 9.50. The van der Waals surface area contributed by atoms with Crippen molar-refractivity contribution in [2.24, 2.45) is 5.41 Å². The van der Waals surface area contributed by atoms with Crippen molar-refractivity contribution >= 4 is 43.1 Å². The molecule has 0 radical (unpaired) electrons. The first-order chi connectivity index (χ1) is 22.9. The lowest BCUT2D eigenvalue weighted by molar-refractivity contribution is -0.137. The van der Waals surface area contributed by atoms with Gasteiger partial charge in [-0.3, -0.25) is 4.90 Å². The van der Waals surface area contributed by atoms with Crippen LogP contribution in [0.3, 0.4) is 0 Å². The second kappa shape index (κ2) is 10.1. The van der Waals surface area contributed by atoms with Crippen LogP contribution in [0.15, 0.2) is 18.2 Å². The zero-order chi connectivity index (χ0) is 33.3. The molecule has 48 heavy (non-hydrogen) atoms. The smallest absolute Gasteiger partial charge is 0.417 e. The molecule has 6 aliphatic rings. The van der Waals surface area contributed by atoms with Crippen molar-refractivity contribution in [3.05, 3.63) is 41.0 Å². The van der Waals surface area contributed by atoms with E-state index in [1.807, 2.05) is 6.07 Å². The van der Waals surface area contributed by atoms with Gasteiger partial charge in [-0.25, -0.2) is 13.2 Å². The Morgan fingerprint density at radius 1 is 1.15 bits per heavy atom. The molecule has 1 aliphatic carbocycles. The molecule has 5 aliphatic heterocycles. The van der Waals surface area contributed by atoms with Gasteiger partial charge in [-0.05, 0) is 42.4 Å². The van der Waals surface area contributed by atoms with Gasteiger partial charge in [-0.1, -0.05) is 6.07 Å². The van der Waals surface area contributed by atoms with Gasteiger partial charge < -0.3 is 20.1 Å². The van der Waals surface area contributed by atoms with Crippen LogP contribution in [-0.2, 0) is 10.9 Å². The minimum absolute atomic E-state index is 0.0435. The van der Waals surface area contributed by atoms with Crippen LogP contribution in [0, 0.1) is 28.4 Å². The quantitative estimate of drug-likeness (QED) is 0.235. The van der Waals surface area contributed by atoms with Crippen LogP contribution in [0.2, 0.25) is 0 Å². The molecule has 2 bridgehead atoms. The van der Waals surface area contributed by atoms with Crippen molar-refractivity contribution in [3.63, 3.8) is 0 Å². The summed E-state index contributed by atoms with van der Waals surface area (Å²) < 4.78 is 103. The third kappa shape index (κ3) is 4.48. The van der Waals surface area contributed by atoms with E-state index in [0.717, 1.165) is 50.4 Å². The first-order valence-electron chi connectivity index (χ1n) is 15.8. The summed E-state index contributed by atoms with van der Waals surface area (Å²) in [5.74, 6) is -2.06. The minimum Gasteiger partial charge on any atom is -0.461 e. The van der Waals surface area contributed by atoms with Gasteiger partial charge in [0.25, 0.3) is 0 Å². The Kier molecular flexibility index (Phi) is 6.35. The zero-order valence-electron chi connectivity index (χ0n) is 25.3. The number of fused-ring (bicyclic) bond motifs is 5. The first kappa shape index (κ1) is 30.2. The molecule has 10 rings (SSSR count). The summed E-state index contributed by atoms with van der Waals surface area (Å²) in [6.07, 6.45) is -2.42. The third-order valence-corrected chi connectivity index (χ3v) is 11.8. The number of piperidine rings is 1. The highest BCUT2D eigenvalue weighted by Gasteiger charge is 2.62. The molecule has 2 aromatic heterocycles. The molecular weight excluding hydrogens is 658 g/mol. The molecule has 4 atom stereocenters. The lowest BCUT2D eigenvalue weighted by Crippen LogP contribution is -2.57. The molecule has 4 aromatic rings. The summed E-state index contributed by atoms with van der Waals surface area (Å²) in [6.45, 7) is 1.78. The summed E-state index contributed by atoms with van der Waals surface area (Å²) in [7, 11) is 0. The standard InChI is InChI=1S/C33H28F6N6O2S/c34-15-7-32(12-31(3-4-31)13-45(32)9-15)14-46-30-42-26-19(29(43-30)44-10-16-5-17(11-44)47-16)6-21(33(37,38)39)24(25(26)36)18-1-2-22(35)27-23(18)20(8-40)28(41)48-27/h1-2,6,15-17H,3-5,7,9-14,41H2/t15-,16?,17?,32-/m1/s1. The van der Waals surface area contributed by atoms with Crippen LogP contribution in [0.25, 0.3) is 32.1 Å². The number of anilines is 2. The largest absolute Gasteiger partial charge is 0.461 e. The van der Waals surface area contributed by atoms with E-state index in [1.54, 1.807) is 4.90 Å². The van der Waals surface area contributed by atoms with E-state index in [4.69, 9.17) is 15.2 Å². The van der Waals surface area contributed by atoms with Gasteiger partial charge in [-0.15, -0.1) is 11.3 Å². The fourth-order valence-electron chi connectivity index (χ4n) is 8.55. The van der Waals surface area contributed by atoms with Gasteiger partial charge in [0.15, 0.2) is 5.82 Å². The maximum atomic E-state index is 17.0. The van der Waals surface area contributed by atoms with Gasteiger partial charge in [0.1, 0.15) is 41.0 Å². The number of thiophene rings is 1. The molecular formula is C33H28F6N6O2S. The summed E-state index contributed by atoms with van der Waals surface area (Å²) in [5.41, 5.74) is 2.30. The second-order valence-electron chi connectivity index (χ2n) is 14.0. The lowest BCUT2D eigenvalue weighted by atomic mass is 9.89. The van der Waals surface area contributed by atoms with Crippen molar-refractivity contribution in [3.8, 4) is 23.2 Å². The number of nitrogens with zero attached hydrogens (tertiary/aromatic N) is 5. The Morgan fingerprint density at radius 2 is 1.90 bits per heavy atom. The summed E-state index contributed by atoms with van der Waals surface area (Å²) in [6, 6.07) is 4.36. The minimum atomic E-state index is -5.06. The Hall–Kier alpha value is -3.87. The van der Waals surface area contributed by atoms with E-state index in [-0.39, 0.29) is 74.1 Å². The number of hydrogen-bond donors (Lipinski definition) is 1. The van der Waals surface area contributed by atoms with Crippen LogP contribution in [-0.4, -0.2) is 71.6 Å². The van der Waals surface area contributed by atoms with E-state index >= 15 is 4.39 Å². The maximum Gasteiger partial charge on any atom is 0.417 e. The van der Waals surface area contributed by atoms with E-state index in [2.05, 4.69) is 14.9 Å². The van der Waals surface area contributed by atoms with Crippen LogP contribution in [0.1, 0.15) is 43.2 Å². The van der Waals surface area contributed by atoms with Crippen molar-refractivity contribution in [1.82, 2.24) is 14.9 Å². The number of hydrogen-bond acceptors (Lipinski definition) is 9. The van der Waals surface area contributed by atoms with E-state index in [1.165, 1.54) is 0 Å². The second-order valence-corrected chi connectivity index (χ2v) is 15.0. The van der Waals surface area contributed by atoms with E-state index < -0.39 is 46.2 Å². The number of nitrogens with two attached hydrogens (primary N) is 1. The zero-order valence-corrected chi connectivity index (χ0v) is 26.2. The van der Waals surface area contributed by atoms with Gasteiger partial charge in [0.2, 0.25) is 0 Å². The highest BCUT2D eigenvalue weighted by molar-refractivity contribution is 7.23. The third-order valence-electron chi connectivity index (χ3n) is 10.8. The topological polar surface area (TPSA) is 101 Å². The summed E-state index contributed by atoms with van der Waals surface area (Å²) in [4.78, 5) is 12.8. The monoisotopic (exact) mass is 686 g/mol. The van der Waals surface area contributed by atoms with Gasteiger partial charge in [0, 0.05) is 55.4 Å². The fraction of sp³-hybridized carbons (Fsp3) is 0.485. The normalized spacial score (nSPS) is 27.4. The van der Waals surface area contributed by atoms with Gasteiger partial charge in [-0.2, -0.15) is 28.4 Å². The maximum absolute atomic E-state index is 17.0. The van der Waals surface area contributed by atoms with Crippen LogP contribution in [0.4, 0.5) is 37.2 Å². The van der Waals surface area contributed by atoms with Crippen molar-refractivity contribution in [1.29, 1.82) is 5.26 Å². The van der Waals surface area contributed by atoms with Crippen molar-refractivity contribution in [2.45, 2.75) is 62.2 Å².